The smallest absolute Gasteiger partial charge is 0.0571 e. The van der Waals surface area contributed by atoms with Gasteiger partial charge in [0.05, 0.1) is 5.69 Å². The quantitative estimate of drug-likeness (QED) is 0.793. The Kier molecular flexibility index (Phi) is 5.07. The molecule has 78 valence electrons. The van der Waals surface area contributed by atoms with E-state index >= 15 is 0 Å². The molecule has 0 radical (unpaired) electrons. The van der Waals surface area contributed by atoms with Crippen molar-refractivity contribution in [3.63, 3.8) is 0 Å². The molecule has 0 aliphatic carbocycles. The van der Waals surface area contributed by atoms with Crippen LogP contribution in [0, 0.1) is 0 Å². The molecule has 0 saturated heterocycles. The first-order valence-corrected chi connectivity index (χ1v) is 5.60. The average Bonchev–Trinajstić information content (AvgIpc) is 2.19. The van der Waals surface area contributed by atoms with Gasteiger partial charge in [0.15, 0.2) is 0 Å². The molecule has 4 N–H and O–H groups in total. The van der Waals surface area contributed by atoms with Gasteiger partial charge in [-0.15, -0.1) is 0 Å². The first-order valence-electron chi connectivity index (χ1n) is 4.81. The van der Waals surface area contributed by atoms with E-state index < -0.39 is 0 Å². The van der Waals surface area contributed by atoms with Crippen LogP contribution in [0.2, 0.25) is 0 Å². The van der Waals surface area contributed by atoms with E-state index in [1.54, 1.807) is 6.20 Å². The molecular weight excluding hydrogens is 242 g/mol. The van der Waals surface area contributed by atoms with E-state index in [-0.39, 0.29) is 6.04 Å². The van der Waals surface area contributed by atoms with Gasteiger partial charge in [0, 0.05) is 16.7 Å². The number of hydrogen-bond acceptors (Lipinski definition) is 3. The molecule has 0 unspecified atom stereocenters. The van der Waals surface area contributed by atoms with E-state index in [1.807, 2.05) is 12.1 Å². The summed E-state index contributed by atoms with van der Waals surface area (Å²) in [5.41, 5.74) is 12.3. The Labute approximate surface area is 93.0 Å². The van der Waals surface area contributed by atoms with Crippen LogP contribution in [0.1, 0.15) is 31.0 Å². The fourth-order valence-electron chi connectivity index (χ4n) is 1.26. The highest BCUT2D eigenvalue weighted by molar-refractivity contribution is 9.10. The van der Waals surface area contributed by atoms with Crippen molar-refractivity contribution in [1.82, 2.24) is 4.98 Å². The molecule has 1 aromatic heterocycles. The summed E-state index contributed by atoms with van der Waals surface area (Å²) in [7, 11) is 0. The maximum atomic E-state index is 5.97. The van der Waals surface area contributed by atoms with Gasteiger partial charge >= 0.3 is 0 Å². The zero-order valence-corrected chi connectivity index (χ0v) is 9.70. The Morgan fingerprint density at radius 1 is 1.36 bits per heavy atom. The predicted octanol–water partition coefficient (Wildman–Crippen LogP) is 1.97. The lowest BCUT2D eigenvalue weighted by atomic mass is 10.1. The third kappa shape index (κ3) is 3.74. The maximum absolute atomic E-state index is 5.97. The highest BCUT2D eigenvalue weighted by Crippen LogP contribution is 2.16. The van der Waals surface area contributed by atoms with E-state index in [9.17, 15) is 0 Å². The van der Waals surface area contributed by atoms with Crippen LogP contribution in [0.5, 0.6) is 0 Å². The van der Waals surface area contributed by atoms with Crippen LogP contribution in [0.3, 0.4) is 0 Å². The largest absolute Gasteiger partial charge is 0.330 e. The van der Waals surface area contributed by atoms with Crippen molar-refractivity contribution in [2.24, 2.45) is 11.5 Å². The predicted molar refractivity (Wildman–Crippen MR) is 61.8 cm³/mol. The number of hydrogen-bond donors (Lipinski definition) is 2. The zero-order chi connectivity index (χ0) is 10.4. The van der Waals surface area contributed by atoms with Crippen LogP contribution < -0.4 is 11.5 Å². The van der Waals surface area contributed by atoms with Gasteiger partial charge in [-0.1, -0.05) is 6.42 Å². The van der Waals surface area contributed by atoms with E-state index in [0.29, 0.717) is 0 Å². The first kappa shape index (κ1) is 11.6. The fraction of sp³-hybridized carbons (Fsp3) is 0.500. The summed E-state index contributed by atoms with van der Waals surface area (Å²) in [5, 5.41) is 0. The molecule has 0 fully saturated rings. The van der Waals surface area contributed by atoms with Crippen LogP contribution >= 0.6 is 15.9 Å². The van der Waals surface area contributed by atoms with Crippen LogP contribution in [0.4, 0.5) is 0 Å². The Hall–Kier alpha value is -0.450. The van der Waals surface area contributed by atoms with Gasteiger partial charge in [0.2, 0.25) is 0 Å². The standard InChI is InChI=1S/C10H16BrN3/c11-8-4-5-10(14-7-8)9(13)3-1-2-6-12/h4-5,7,9H,1-3,6,12-13H2/t9-/m1/s1. The molecule has 0 saturated carbocycles. The van der Waals surface area contributed by atoms with Crippen LogP contribution in [-0.4, -0.2) is 11.5 Å². The summed E-state index contributed by atoms with van der Waals surface area (Å²) in [5.74, 6) is 0. The number of nitrogens with two attached hydrogens (primary N) is 2. The van der Waals surface area contributed by atoms with E-state index in [2.05, 4.69) is 20.9 Å². The van der Waals surface area contributed by atoms with Crippen LogP contribution in [0.15, 0.2) is 22.8 Å². The van der Waals surface area contributed by atoms with Crippen LogP contribution in [-0.2, 0) is 0 Å². The minimum absolute atomic E-state index is 0.0367. The van der Waals surface area contributed by atoms with Crippen LogP contribution in [0.25, 0.3) is 0 Å². The minimum Gasteiger partial charge on any atom is -0.330 e. The lowest BCUT2D eigenvalue weighted by molar-refractivity contribution is 0.579. The lowest BCUT2D eigenvalue weighted by Crippen LogP contribution is -2.12. The molecule has 14 heavy (non-hydrogen) atoms. The molecule has 1 rings (SSSR count). The number of pyridine rings is 1. The summed E-state index contributed by atoms with van der Waals surface area (Å²) >= 11 is 3.34. The van der Waals surface area contributed by atoms with Gasteiger partial charge in [-0.25, -0.2) is 0 Å². The van der Waals surface area contributed by atoms with Crippen molar-refractivity contribution in [3.8, 4) is 0 Å². The molecule has 0 aliphatic rings. The summed E-state index contributed by atoms with van der Waals surface area (Å²) in [6, 6.07) is 3.96. The number of rotatable bonds is 5. The summed E-state index contributed by atoms with van der Waals surface area (Å²) in [6.07, 6.45) is 4.82. The highest BCUT2D eigenvalue weighted by atomic mass is 79.9. The van der Waals surface area contributed by atoms with E-state index in [1.165, 1.54) is 0 Å². The van der Waals surface area contributed by atoms with Gasteiger partial charge in [0.25, 0.3) is 0 Å². The number of halogens is 1. The second kappa shape index (κ2) is 6.11. The highest BCUT2D eigenvalue weighted by Gasteiger charge is 2.06. The number of aromatic nitrogens is 1. The van der Waals surface area contributed by atoms with Gasteiger partial charge in [-0.05, 0) is 47.4 Å². The summed E-state index contributed by atoms with van der Waals surface area (Å²) < 4.78 is 0.982. The molecule has 1 heterocycles. The Bertz CT molecular complexity index is 261. The van der Waals surface area contributed by atoms with Crippen molar-refractivity contribution < 1.29 is 0 Å². The molecular formula is C10H16BrN3. The lowest BCUT2D eigenvalue weighted by Gasteiger charge is -2.10. The van der Waals surface area contributed by atoms with Gasteiger partial charge in [0.1, 0.15) is 0 Å². The molecule has 0 aromatic carbocycles. The summed E-state index contributed by atoms with van der Waals surface area (Å²) in [6.45, 7) is 0.737. The van der Waals surface area contributed by atoms with Crippen molar-refractivity contribution in [2.75, 3.05) is 6.54 Å². The molecule has 1 atom stereocenters. The summed E-state index contributed by atoms with van der Waals surface area (Å²) in [4.78, 5) is 4.25. The van der Waals surface area contributed by atoms with Crippen molar-refractivity contribution in [3.05, 3.63) is 28.5 Å². The van der Waals surface area contributed by atoms with Gasteiger partial charge in [-0.3, -0.25) is 4.98 Å². The Morgan fingerprint density at radius 3 is 2.71 bits per heavy atom. The number of unbranched alkanes of at least 4 members (excludes halogenated alkanes) is 1. The van der Waals surface area contributed by atoms with Crippen molar-refractivity contribution in [2.45, 2.75) is 25.3 Å². The monoisotopic (exact) mass is 257 g/mol. The second-order valence-electron chi connectivity index (χ2n) is 3.29. The van der Waals surface area contributed by atoms with Crippen molar-refractivity contribution in [1.29, 1.82) is 0 Å². The molecule has 1 aromatic rings. The molecule has 3 nitrogen and oxygen atoms in total. The fourth-order valence-corrected chi connectivity index (χ4v) is 1.50. The first-order chi connectivity index (χ1) is 6.74. The third-order valence-electron chi connectivity index (χ3n) is 2.10. The third-order valence-corrected chi connectivity index (χ3v) is 2.57. The molecule has 0 aliphatic heterocycles. The minimum atomic E-state index is 0.0367. The zero-order valence-electron chi connectivity index (χ0n) is 8.12. The average molecular weight is 258 g/mol. The Morgan fingerprint density at radius 2 is 2.14 bits per heavy atom. The SMILES string of the molecule is NCCCC[C@@H](N)c1ccc(Br)cn1. The Balaban J connectivity index is 2.43. The molecule has 0 amide bonds. The topological polar surface area (TPSA) is 64.9 Å². The molecule has 4 heteroatoms. The van der Waals surface area contributed by atoms with Gasteiger partial charge < -0.3 is 11.5 Å². The van der Waals surface area contributed by atoms with E-state index in [0.717, 1.165) is 36.0 Å². The maximum Gasteiger partial charge on any atom is 0.0571 e. The normalized spacial score (nSPS) is 12.8. The molecule has 0 bridgehead atoms. The molecule has 0 spiro atoms. The second-order valence-corrected chi connectivity index (χ2v) is 4.21. The van der Waals surface area contributed by atoms with E-state index in [4.69, 9.17) is 11.5 Å². The number of nitrogens with zero attached hydrogens (tertiary/aromatic N) is 1. The van der Waals surface area contributed by atoms with Gasteiger partial charge in [-0.2, -0.15) is 0 Å². The van der Waals surface area contributed by atoms with Crippen molar-refractivity contribution >= 4 is 15.9 Å².